The molecule has 0 radical (unpaired) electrons. The Morgan fingerprint density at radius 1 is 0.952 bits per heavy atom. The maximum absolute atomic E-state index is 16.5. The zero-order chi connectivity index (χ0) is 28.2. The van der Waals surface area contributed by atoms with Crippen molar-refractivity contribution in [2.75, 3.05) is 24.6 Å². The molecule has 2 aromatic carbocycles. The van der Waals surface area contributed by atoms with Crippen molar-refractivity contribution in [1.82, 2.24) is 24.3 Å². The van der Waals surface area contributed by atoms with Gasteiger partial charge in [0.25, 0.3) is 0 Å². The van der Waals surface area contributed by atoms with Gasteiger partial charge in [-0.2, -0.15) is 9.97 Å². The Bertz CT molecular complexity index is 1930. The molecule has 5 heterocycles. The Balaban J connectivity index is 1.20. The van der Waals surface area contributed by atoms with Crippen molar-refractivity contribution in [1.29, 1.82) is 0 Å². The van der Waals surface area contributed by atoms with Gasteiger partial charge in [-0.15, -0.1) is 0 Å². The summed E-state index contributed by atoms with van der Waals surface area (Å²) in [6.45, 7) is 2.11. The summed E-state index contributed by atoms with van der Waals surface area (Å²) in [4.78, 5) is 21.0. The zero-order valence-electron chi connectivity index (χ0n) is 22.9. The first-order valence-corrected chi connectivity index (χ1v) is 14.8. The van der Waals surface area contributed by atoms with Gasteiger partial charge in [-0.05, 0) is 54.7 Å². The number of fused-ring (bicyclic) bond motifs is 5. The summed E-state index contributed by atoms with van der Waals surface area (Å²) in [6.07, 6.45) is 9.94. The Kier molecular flexibility index (Phi) is 6.17. The highest BCUT2D eigenvalue weighted by Gasteiger charge is 2.34. The lowest BCUT2D eigenvalue weighted by atomic mass is 9.98. The maximum Gasteiger partial charge on any atom is 0.319 e. The molecule has 2 atom stereocenters. The first-order valence-electron chi connectivity index (χ1n) is 14.4. The second-order valence-corrected chi connectivity index (χ2v) is 11.8. The van der Waals surface area contributed by atoms with Crippen LogP contribution < -0.4 is 9.64 Å². The van der Waals surface area contributed by atoms with Gasteiger partial charge in [-0.3, -0.25) is 4.98 Å². The molecule has 1 aliphatic heterocycles. The number of benzene rings is 2. The quantitative estimate of drug-likeness (QED) is 0.209. The van der Waals surface area contributed by atoms with Gasteiger partial charge in [0, 0.05) is 54.1 Å². The fourth-order valence-corrected chi connectivity index (χ4v) is 7.03. The topological polar surface area (TPSA) is 68.4 Å². The van der Waals surface area contributed by atoms with Crippen LogP contribution in [0.5, 0.6) is 6.01 Å². The fourth-order valence-electron chi connectivity index (χ4n) is 6.74. The zero-order valence-corrected chi connectivity index (χ0v) is 23.6. The largest absolute Gasteiger partial charge is 0.463 e. The Morgan fingerprint density at radius 3 is 2.62 bits per heavy atom. The smallest absolute Gasteiger partial charge is 0.319 e. The maximum atomic E-state index is 16.5. The minimum Gasteiger partial charge on any atom is -0.463 e. The molecule has 2 aliphatic rings. The Morgan fingerprint density at radius 2 is 1.79 bits per heavy atom. The molecule has 2 fully saturated rings. The van der Waals surface area contributed by atoms with Crippen molar-refractivity contribution in [2.45, 2.75) is 25.7 Å². The summed E-state index contributed by atoms with van der Waals surface area (Å²) >= 11 is 6.59. The number of anilines is 1. The van der Waals surface area contributed by atoms with Crippen LogP contribution >= 0.6 is 11.6 Å². The molecular formula is C33H28ClFN6O. The van der Waals surface area contributed by atoms with Crippen LogP contribution in [0.4, 0.5) is 10.2 Å². The standard InChI is InChI=1S/C33H28ClFN6O/c34-26-8-4-6-22-5-3-7-24(28(22)26)30-29(35)31-25(16-36-30)32(41-17-20-10-11-21(15-20)18-41)39-33(38-31)42-14-12-23-19-40-13-2-1-9-27(40)37-23/h1-9,13,16,19-21H,10-12,14-15,17-18H2. The van der Waals surface area contributed by atoms with Crippen molar-refractivity contribution in [2.24, 2.45) is 11.8 Å². The van der Waals surface area contributed by atoms with E-state index in [9.17, 15) is 0 Å². The van der Waals surface area contributed by atoms with Gasteiger partial charge in [0.05, 0.1) is 17.7 Å². The van der Waals surface area contributed by atoms with Crippen LogP contribution in [0.3, 0.4) is 0 Å². The first kappa shape index (κ1) is 25.4. The number of piperidine rings is 1. The molecule has 0 spiro atoms. The minimum absolute atomic E-state index is 0.159. The molecule has 0 N–H and O–H groups in total. The van der Waals surface area contributed by atoms with Gasteiger partial charge in [0.1, 0.15) is 22.7 Å². The van der Waals surface area contributed by atoms with Crippen LogP contribution in [0.15, 0.2) is 73.2 Å². The lowest BCUT2D eigenvalue weighted by molar-refractivity contribution is 0.296. The van der Waals surface area contributed by atoms with Crippen LogP contribution in [0, 0.1) is 17.7 Å². The SMILES string of the molecule is Fc1c(-c2cccc3cccc(Cl)c23)ncc2c(N3CC4CCC(C4)C3)nc(OCCc3cn4ccccc4n3)nc12. The molecule has 2 unspecified atom stereocenters. The number of pyridine rings is 2. The van der Waals surface area contributed by atoms with E-state index in [1.807, 2.05) is 71.4 Å². The van der Waals surface area contributed by atoms with Crippen LogP contribution in [0.25, 0.3) is 38.6 Å². The average molecular weight is 579 g/mol. The van der Waals surface area contributed by atoms with Crippen LogP contribution in [0.2, 0.25) is 5.02 Å². The van der Waals surface area contributed by atoms with E-state index in [1.165, 1.54) is 19.3 Å². The molecule has 4 aromatic heterocycles. The second-order valence-electron chi connectivity index (χ2n) is 11.4. The summed E-state index contributed by atoms with van der Waals surface area (Å²) in [5.74, 6) is 1.44. The average Bonchev–Trinajstić information content (AvgIpc) is 3.58. The summed E-state index contributed by atoms with van der Waals surface area (Å²) in [6, 6.07) is 17.4. The summed E-state index contributed by atoms with van der Waals surface area (Å²) in [5, 5.41) is 2.83. The van der Waals surface area contributed by atoms with Crippen molar-refractivity contribution in [3.8, 4) is 17.3 Å². The minimum atomic E-state index is -0.506. The van der Waals surface area contributed by atoms with Crippen LogP contribution in [-0.4, -0.2) is 44.0 Å². The molecule has 42 heavy (non-hydrogen) atoms. The van der Waals surface area contributed by atoms with E-state index in [0.717, 1.165) is 35.2 Å². The monoisotopic (exact) mass is 578 g/mol. The molecule has 1 saturated carbocycles. The summed E-state index contributed by atoms with van der Waals surface area (Å²) < 4.78 is 24.6. The third-order valence-corrected chi connectivity index (χ3v) is 8.98. The molecule has 6 aromatic rings. The normalized spacial score (nSPS) is 18.4. The van der Waals surface area contributed by atoms with E-state index >= 15 is 4.39 Å². The number of halogens is 2. The summed E-state index contributed by atoms with van der Waals surface area (Å²) in [7, 11) is 0. The lowest BCUT2D eigenvalue weighted by Crippen LogP contribution is -2.37. The number of hydrogen-bond donors (Lipinski definition) is 0. The molecule has 8 rings (SSSR count). The van der Waals surface area contributed by atoms with Crippen molar-refractivity contribution < 1.29 is 9.13 Å². The molecule has 210 valence electrons. The van der Waals surface area contributed by atoms with Gasteiger partial charge in [0.2, 0.25) is 0 Å². The lowest BCUT2D eigenvalue weighted by Gasteiger charge is -2.33. The van der Waals surface area contributed by atoms with Crippen LogP contribution in [0.1, 0.15) is 25.0 Å². The van der Waals surface area contributed by atoms with Crippen molar-refractivity contribution in [3.63, 3.8) is 0 Å². The van der Waals surface area contributed by atoms with E-state index < -0.39 is 5.82 Å². The highest BCUT2D eigenvalue weighted by molar-refractivity contribution is 6.36. The van der Waals surface area contributed by atoms with E-state index in [2.05, 4.69) is 19.9 Å². The third-order valence-electron chi connectivity index (χ3n) is 8.66. The predicted octanol–water partition coefficient (Wildman–Crippen LogP) is 7.14. The molecule has 1 aliphatic carbocycles. The van der Waals surface area contributed by atoms with Crippen LogP contribution in [-0.2, 0) is 6.42 Å². The number of imidazole rings is 1. The van der Waals surface area contributed by atoms with Crippen molar-refractivity contribution >= 4 is 44.7 Å². The molecule has 9 heteroatoms. The fraction of sp³-hybridized carbons (Fsp3) is 0.273. The van der Waals surface area contributed by atoms with E-state index in [0.29, 0.717) is 46.7 Å². The molecular weight excluding hydrogens is 551 g/mol. The van der Waals surface area contributed by atoms with Gasteiger partial charge < -0.3 is 14.0 Å². The highest BCUT2D eigenvalue weighted by Crippen LogP contribution is 2.41. The third kappa shape index (κ3) is 4.41. The first-order chi connectivity index (χ1) is 20.6. The Hall–Kier alpha value is -4.30. The van der Waals surface area contributed by atoms with Gasteiger partial charge in [-0.1, -0.05) is 48.0 Å². The molecule has 2 bridgehead atoms. The van der Waals surface area contributed by atoms with E-state index in [-0.39, 0.29) is 17.2 Å². The van der Waals surface area contributed by atoms with Crippen molar-refractivity contribution in [3.05, 3.63) is 89.7 Å². The predicted molar refractivity (Wildman–Crippen MR) is 163 cm³/mol. The van der Waals surface area contributed by atoms with E-state index in [1.54, 1.807) is 6.20 Å². The summed E-state index contributed by atoms with van der Waals surface area (Å²) in [5.41, 5.74) is 2.82. The molecule has 0 amide bonds. The second kappa shape index (κ2) is 10.2. The molecule has 1 saturated heterocycles. The Labute approximate surface area is 247 Å². The number of aromatic nitrogens is 5. The van der Waals surface area contributed by atoms with Gasteiger partial charge in [0.15, 0.2) is 5.82 Å². The van der Waals surface area contributed by atoms with E-state index in [4.69, 9.17) is 21.3 Å². The highest BCUT2D eigenvalue weighted by atomic mass is 35.5. The number of ether oxygens (including phenoxy) is 1. The number of rotatable bonds is 6. The van der Waals surface area contributed by atoms with Gasteiger partial charge >= 0.3 is 6.01 Å². The number of hydrogen-bond acceptors (Lipinski definition) is 6. The molecule has 7 nitrogen and oxygen atoms in total. The van der Waals surface area contributed by atoms with Gasteiger partial charge in [-0.25, -0.2) is 9.37 Å². The number of nitrogens with zero attached hydrogens (tertiary/aromatic N) is 6.